The van der Waals surface area contributed by atoms with Gasteiger partial charge in [0.15, 0.2) is 0 Å². The molecule has 0 saturated carbocycles. The van der Waals surface area contributed by atoms with Crippen LogP contribution in [0.4, 0.5) is 0 Å². The molecule has 0 aromatic heterocycles. The van der Waals surface area contributed by atoms with Gasteiger partial charge in [-0.2, -0.15) is 0 Å². The Labute approximate surface area is 103 Å². The molecule has 1 aromatic carbocycles. The van der Waals surface area contributed by atoms with Crippen LogP contribution in [0.25, 0.3) is 0 Å². The van der Waals surface area contributed by atoms with Crippen LogP contribution >= 0.6 is 0 Å². The number of hydrogen-bond donors (Lipinski definition) is 1. The average Bonchev–Trinajstić information content (AvgIpc) is 2.26. The highest BCUT2D eigenvalue weighted by atomic mass is 16.2. The van der Waals surface area contributed by atoms with E-state index >= 15 is 0 Å². The molecule has 0 spiro atoms. The summed E-state index contributed by atoms with van der Waals surface area (Å²) in [5.74, 6) is 0.115. The van der Waals surface area contributed by atoms with E-state index in [2.05, 4.69) is 43.1 Å². The summed E-state index contributed by atoms with van der Waals surface area (Å²) in [4.78, 5) is 13.9. The van der Waals surface area contributed by atoms with Crippen molar-refractivity contribution in [2.24, 2.45) is 0 Å². The molecule has 0 bridgehead atoms. The number of hydrogen-bond acceptors (Lipinski definition) is 2. The summed E-state index contributed by atoms with van der Waals surface area (Å²) in [6.07, 6.45) is 0. The minimum Gasteiger partial charge on any atom is -0.349 e. The predicted octanol–water partition coefficient (Wildman–Crippen LogP) is 1.96. The molecule has 17 heavy (non-hydrogen) atoms. The fourth-order valence-electron chi connectivity index (χ4n) is 2.42. The topological polar surface area (TPSA) is 32.3 Å². The fourth-order valence-corrected chi connectivity index (χ4v) is 2.42. The molecule has 0 aliphatic carbocycles. The second-order valence-electron chi connectivity index (χ2n) is 5.42. The second-order valence-corrected chi connectivity index (χ2v) is 5.42. The third-order valence-electron chi connectivity index (χ3n) is 3.25. The zero-order valence-electron chi connectivity index (χ0n) is 10.7. The van der Waals surface area contributed by atoms with Gasteiger partial charge in [-0.3, -0.25) is 9.69 Å². The molecule has 1 fully saturated rings. The van der Waals surface area contributed by atoms with Crippen LogP contribution in [0.1, 0.15) is 32.4 Å². The summed E-state index contributed by atoms with van der Waals surface area (Å²) in [7, 11) is 0. The molecule has 3 nitrogen and oxygen atoms in total. The van der Waals surface area contributed by atoms with Gasteiger partial charge in [-0.15, -0.1) is 0 Å². The minimum atomic E-state index is -0.141. The van der Waals surface area contributed by atoms with Crippen molar-refractivity contribution in [2.75, 3.05) is 13.1 Å². The molecule has 1 amide bonds. The molecule has 1 aliphatic rings. The van der Waals surface area contributed by atoms with Crippen LogP contribution in [0, 0.1) is 0 Å². The van der Waals surface area contributed by atoms with Gasteiger partial charge >= 0.3 is 0 Å². The molecule has 1 unspecified atom stereocenters. The maximum Gasteiger partial charge on any atom is 0.234 e. The molecule has 92 valence electrons. The highest BCUT2D eigenvalue weighted by Gasteiger charge is 2.32. The fraction of sp³-hybridized carbons (Fsp3) is 0.500. The lowest BCUT2D eigenvalue weighted by Gasteiger charge is -2.41. The van der Waals surface area contributed by atoms with Gasteiger partial charge in [0.1, 0.15) is 0 Å². The van der Waals surface area contributed by atoms with E-state index in [1.807, 2.05) is 18.2 Å². The normalized spacial score (nSPS) is 21.9. The molecule has 0 radical (unpaired) electrons. The van der Waals surface area contributed by atoms with Gasteiger partial charge in [0.05, 0.1) is 6.54 Å². The third kappa shape index (κ3) is 2.86. The molecular formula is C14H20N2O. The average molecular weight is 232 g/mol. The highest BCUT2D eigenvalue weighted by molar-refractivity contribution is 5.79. The number of amides is 1. The Morgan fingerprint density at radius 2 is 1.94 bits per heavy atom. The molecule has 1 atom stereocenters. The van der Waals surface area contributed by atoms with Crippen molar-refractivity contribution < 1.29 is 4.79 Å². The summed E-state index contributed by atoms with van der Waals surface area (Å²) in [6.45, 7) is 7.65. The van der Waals surface area contributed by atoms with Crippen LogP contribution < -0.4 is 5.32 Å². The van der Waals surface area contributed by atoms with Gasteiger partial charge in [0, 0.05) is 18.1 Å². The summed E-state index contributed by atoms with van der Waals surface area (Å²) >= 11 is 0. The summed E-state index contributed by atoms with van der Waals surface area (Å²) in [6, 6.07) is 10.6. The van der Waals surface area contributed by atoms with E-state index in [4.69, 9.17) is 0 Å². The summed E-state index contributed by atoms with van der Waals surface area (Å²) < 4.78 is 0. The van der Waals surface area contributed by atoms with Crippen molar-refractivity contribution in [1.29, 1.82) is 0 Å². The Hall–Kier alpha value is -1.35. The van der Waals surface area contributed by atoms with E-state index in [1.54, 1.807) is 0 Å². The van der Waals surface area contributed by atoms with Crippen molar-refractivity contribution in [3.05, 3.63) is 35.9 Å². The van der Waals surface area contributed by atoms with Crippen LogP contribution in [-0.4, -0.2) is 29.4 Å². The van der Waals surface area contributed by atoms with E-state index < -0.39 is 0 Å². The highest BCUT2D eigenvalue weighted by Crippen LogP contribution is 2.23. The van der Waals surface area contributed by atoms with Crippen molar-refractivity contribution in [3.63, 3.8) is 0 Å². The number of piperazine rings is 1. The Morgan fingerprint density at radius 3 is 2.53 bits per heavy atom. The minimum absolute atomic E-state index is 0.115. The van der Waals surface area contributed by atoms with Crippen LogP contribution in [0.15, 0.2) is 30.3 Å². The predicted molar refractivity (Wildman–Crippen MR) is 68.7 cm³/mol. The number of nitrogens with one attached hydrogen (secondary N) is 1. The zero-order valence-corrected chi connectivity index (χ0v) is 10.7. The lowest BCUT2D eigenvalue weighted by Crippen LogP contribution is -2.60. The van der Waals surface area contributed by atoms with Crippen LogP contribution in [0.2, 0.25) is 0 Å². The molecule has 1 saturated heterocycles. The van der Waals surface area contributed by atoms with Crippen LogP contribution in [0.3, 0.4) is 0 Å². The lowest BCUT2D eigenvalue weighted by molar-refractivity contribution is -0.128. The number of carbonyl (C=O) groups excluding carboxylic acids is 1. The van der Waals surface area contributed by atoms with Crippen LogP contribution in [0.5, 0.6) is 0 Å². The van der Waals surface area contributed by atoms with Gasteiger partial charge in [0.25, 0.3) is 0 Å². The number of nitrogens with zero attached hydrogens (tertiary/aromatic N) is 1. The zero-order chi connectivity index (χ0) is 12.5. The van der Waals surface area contributed by atoms with E-state index in [0.717, 1.165) is 6.54 Å². The maximum atomic E-state index is 11.7. The van der Waals surface area contributed by atoms with E-state index in [0.29, 0.717) is 6.54 Å². The first-order valence-corrected chi connectivity index (χ1v) is 6.08. The van der Waals surface area contributed by atoms with E-state index in [9.17, 15) is 4.79 Å². The number of benzene rings is 1. The molecular weight excluding hydrogens is 212 g/mol. The monoisotopic (exact) mass is 232 g/mol. The van der Waals surface area contributed by atoms with Crippen LogP contribution in [-0.2, 0) is 4.79 Å². The standard InChI is InChI=1S/C14H20N2O/c1-11(12-7-5-4-6-8-12)16-9-13(17)15-14(2,3)10-16/h4-8,11H,9-10H2,1-3H3,(H,15,17). The first kappa shape index (κ1) is 12.1. The Balaban J connectivity index is 2.15. The smallest absolute Gasteiger partial charge is 0.234 e. The molecule has 1 aromatic rings. The van der Waals surface area contributed by atoms with Gasteiger partial charge in [0.2, 0.25) is 5.91 Å². The van der Waals surface area contributed by atoms with Gasteiger partial charge in [-0.1, -0.05) is 30.3 Å². The Morgan fingerprint density at radius 1 is 1.29 bits per heavy atom. The van der Waals surface area contributed by atoms with Gasteiger partial charge in [-0.05, 0) is 26.3 Å². The van der Waals surface area contributed by atoms with Crippen molar-refractivity contribution in [2.45, 2.75) is 32.4 Å². The molecule has 3 heteroatoms. The number of carbonyl (C=O) groups is 1. The Kier molecular flexibility index (Phi) is 3.20. The first-order chi connectivity index (χ1) is 7.98. The van der Waals surface area contributed by atoms with Crippen molar-refractivity contribution in [3.8, 4) is 0 Å². The van der Waals surface area contributed by atoms with E-state index in [-0.39, 0.29) is 17.5 Å². The van der Waals surface area contributed by atoms with Gasteiger partial charge in [-0.25, -0.2) is 0 Å². The third-order valence-corrected chi connectivity index (χ3v) is 3.25. The quantitative estimate of drug-likeness (QED) is 0.845. The van der Waals surface area contributed by atoms with Crippen molar-refractivity contribution >= 4 is 5.91 Å². The van der Waals surface area contributed by atoms with Crippen molar-refractivity contribution in [1.82, 2.24) is 10.2 Å². The Bertz CT molecular complexity index is 400. The molecule has 1 heterocycles. The number of rotatable bonds is 2. The summed E-state index contributed by atoms with van der Waals surface area (Å²) in [5, 5.41) is 3.01. The largest absolute Gasteiger partial charge is 0.349 e. The van der Waals surface area contributed by atoms with E-state index in [1.165, 1.54) is 5.56 Å². The maximum absolute atomic E-state index is 11.7. The molecule has 1 N–H and O–H groups in total. The first-order valence-electron chi connectivity index (χ1n) is 6.08. The lowest BCUT2D eigenvalue weighted by atomic mass is 9.98. The molecule has 2 rings (SSSR count). The summed E-state index contributed by atoms with van der Waals surface area (Å²) in [5.41, 5.74) is 1.12. The SMILES string of the molecule is CC(c1ccccc1)N1CC(=O)NC(C)(C)C1. The second kappa shape index (κ2) is 4.49. The molecule has 1 aliphatic heterocycles. The van der Waals surface area contributed by atoms with Gasteiger partial charge < -0.3 is 5.32 Å².